The Bertz CT molecular complexity index is 392. The number of carbonyl (C=O) groups excluding carboxylic acids is 1. The van der Waals surface area contributed by atoms with Crippen molar-refractivity contribution in [3.63, 3.8) is 0 Å². The molecule has 2 unspecified atom stereocenters. The number of nitrogens with zero attached hydrogens (tertiary/aromatic N) is 1. The van der Waals surface area contributed by atoms with Crippen molar-refractivity contribution >= 4 is 17.2 Å². The van der Waals surface area contributed by atoms with Gasteiger partial charge in [0.05, 0.1) is 17.3 Å². The molecule has 1 aromatic rings. The van der Waals surface area contributed by atoms with Crippen molar-refractivity contribution in [3.8, 4) is 0 Å². The van der Waals surface area contributed by atoms with Crippen LogP contribution in [0.15, 0.2) is 6.20 Å². The number of aliphatic hydroxyl groups excluding tert-OH is 1. The van der Waals surface area contributed by atoms with Crippen molar-refractivity contribution < 1.29 is 9.90 Å². The molecule has 2 atom stereocenters. The van der Waals surface area contributed by atoms with Crippen molar-refractivity contribution in [3.05, 3.63) is 16.1 Å². The minimum Gasteiger partial charge on any atom is -0.393 e. The molecule has 0 aliphatic heterocycles. The van der Waals surface area contributed by atoms with E-state index in [2.05, 4.69) is 10.3 Å². The van der Waals surface area contributed by atoms with Crippen LogP contribution in [0.25, 0.3) is 0 Å². The van der Waals surface area contributed by atoms with E-state index in [1.54, 1.807) is 6.20 Å². The van der Waals surface area contributed by atoms with E-state index >= 15 is 0 Å². The van der Waals surface area contributed by atoms with Gasteiger partial charge in [-0.25, -0.2) is 4.98 Å². The maximum atomic E-state index is 11.8. The van der Waals surface area contributed by atoms with Crippen molar-refractivity contribution in [2.45, 2.75) is 38.7 Å². The summed E-state index contributed by atoms with van der Waals surface area (Å²) in [4.78, 5) is 16.5. The van der Waals surface area contributed by atoms with Gasteiger partial charge in [-0.3, -0.25) is 4.79 Å². The SMILES string of the molecule is Cc1ncc(C(=O)NCC2CCCCC2O)s1. The van der Waals surface area contributed by atoms with E-state index in [0.717, 1.165) is 30.7 Å². The summed E-state index contributed by atoms with van der Waals surface area (Å²) in [6.07, 6.45) is 5.46. The summed E-state index contributed by atoms with van der Waals surface area (Å²) in [5.74, 6) is 0.134. The molecule has 0 saturated heterocycles. The minimum absolute atomic E-state index is 0.0756. The number of hydrogen-bond acceptors (Lipinski definition) is 4. The molecule has 4 nitrogen and oxygen atoms in total. The first-order chi connectivity index (χ1) is 8.16. The van der Waals surface area contributed by atoms with E-state index in [-0.39, 0.29) is 17.9 Å². The predicted octanol–water partition coefficient (Wildman–Crippen LogP) is 1.73. The molecule has 2 N–H and O–H groups in total. The lowest BCUT2D eigenvalue weighted by molar-refractivity contribution is 0.0664. The van der Waals surface area contributed by atoms with Crippen LogP contribution in [-0.2, 0) is 0 Å². The van der Waals surface area contributed by atoms with Crippen molar-refractivity contribution in [2.24, 2.45) is 5.92 Å². The Hall–Kier alpha value is -0.940. The Labute approximate surface area is 105 Å². The average molecular weight is 254 g/mol. The zero-order chi connectivity index (χ0) is 12.3. The second-order valence-electron chi connectivity index (χ2n) is 4.57. The van der Waals surface area contributed by atoms with Crippen LogP contribution in [0.4, 0.5) is 0 Å². The van der Waals surface area contributed by atoms with Gasteiger partial charge in [0.2, 0.25) is 0 Å². The molecule has 0 bridgehead atoms. The molecule has 2 rings (SSSR count). The maximum Gasteiger partial charge on any atom is 0.263 e. The number of nitrogens with one attached hydrogen (secondary N) is 1. The van der Waals surface area contributed by atoms with Gasteiger partial charge in [0, 0.05) is 12.5 Å². The fraction of sp³-hybridized carbons (Fsp3) is 0.667. The molecule has 0 spiro atoms. The fourth-order valence-corrected chi connectivity index (χ4v) is 2.90. The first-order valence-electron chi connectivity index (χ1n) is 6.05. The molecule has 0 radical (unpaired) electrons. The molecule has 1 aliphatic rings. The lowest BCUT2D eigenvalue weighted by Crippen LogP contribution is -2.36. The minimum atomic E-state index is -0.257. The van der Waals surface area contributed by atoms with Crippen LogP contribution in [-0.4, -0.2) is 28.6 Å². The van der Waals surface area contributed by atoms with Crippen LogP contribution in [0.3, 0.4) is 0 Å². The van der Waals surface area contributed by atoms with E-state index in [9.17, 15) is 9.90 Å². The molecule has 94 valence electrons. The van der Waals surface area contributed by atoms with Gasteiger partial charge in [-0.2, -0.15) is 0 Å². The Kier molecular flexibility index (Phi) is 4.12. The summed E-state index contributed by atoms with van der Waals surface area (Å²) >= 11 is 1.40. The Morgan fingerprint density at radius 2 is 2.35 bits per heavy atom. The molecule has 0 aromatic carbocycles. The first kappa shape index (κ1) is 12.5. The number of carbonyl (C=O) groups is 1. The van der Waals surface area contributed by atoms with E-state index in [1.807, 2.05) is 6.92 Å². The zero-order valence-corrected chi connectivity index (χ0v) is 10.8. The molecule has 5 heteroatoms. The molecule has 1 fully saturated rings. The van der Waals surface area contributed by atoms with Crippen molar-refractivity contribution in [1.29, 1.82) is 0 Å². The van der Waals surface area contributed by atoms with E-state index in [0.29, 0.717) is 11.4 Å². The van der Waals surface area contributed by atoms with Gasteiger partial charge < -0.3 is 10.4 Å². The molecule has 1 heterocycles. The summed E-state index contributed by atoms with van der Waals surface area (Å²) in [5, 5.41) is 13.6. The van der Waals surface area contributed by atoms with E-state index in [4.69, 9.17) is 0 Å². The Balaban J connectivity index is 1.83. The summed E-state index contributed by atoms with van der Waals surface area (Å²) in [6, 6.07) is 0. The third-order valence-corrected chi connectivity index (χ3v) is 4.15. The van der Waals surface area contributed by atoms with Crippen molar-refractivity contribution in [2.75, 3.05) is 6.54 Å². The lowest BCUT2D eigenvalue weighted by atomic mass is 9.86. The molecule has 17 heavy (non-hydrogen) atoms. The molecule has 1 aromatic heterocycles. The van der Waals surface area contributed by atoms with Crippen molar-refractivity contribution in [1.82, 2.24) is 10.3 Å². The second kappa shape index (κ2) is 5.60. The molecule has 1 amide bonds. The predicted molar refractivity (Wildman–Crippen MR) is 67.1 cm³/mol. The summed E-state index contributed by atoms with van der Waals surface area (Å²) in [5.41, 5.74) is 0. The normalized spacial score (nSPS) is 24.6. The fourth-order valence-electron chi connectivity index (χ4n) is 2.20. The van der Waals surface area contributed by atoms with Gasteiger partial charge in [0.15, 0.2) is 0 Å². The Morgan fingerprint density at radius 3 is 3.00 bits per heavy atom. The van der Waals surface area contributed by atoms with Crippen LogP contribution in [0.5, 0.6) is 0 Å². The number of hydrogen-bond donors (Lipinski definition) is 2. The van der Waals surface area contributed by atoms with Gasteiger partial charge in [0.25, 0.3) is 5.91 Å². The quantitative estimate of drug-likeness (QED) is 0.863. The molecular formula is C12H18N2O2S. The number of aliphatic hydroxyl groups is 1. The third kappa shape index (κ3) is 3.26. The molecule has 1 saturated carbocycles. The van der Waals surface area contributed by atoms with Gasteiger partial charge in [-0.1, -0.05) is 12.8 Å². The number of rotatable bonds is 3. The van der Waals surface area contributed by atoms with E-state index in [1.165, 1.54) is 11.3 Å². The number of thiazole rings is 1. The highest BCUT2D eigenvalue weighted by Crippen LogP contribution is 2.23. The van der Waals surface area contributed by atoms with Gasteiger partial charge in [-0.05, 0) is 19.8 Å². The van der Waals surface area contributed by atoms with E-state index < -0.39 is 0 Å². The summed E-state index contributed by atoms with van der Waals surface area (Å²) in [7, 11) is 0. The molecular weight excluding hydrogens is 236 g/mol. The van der Waals surface area contributed by atoms with Gasteiger partial charge in [0.1, 0.15) is 4.88 Å². The van der Waals surface area contributed by atoms with Gasteiger partial charge >= 0.3 is 0 Å². The lowest BCUT2D eigenvalue weighted by Gasteiger charge is -2.27. The zero-order valence-electron chi connectivity index (χ0n) is 9.98. The first-order valence-corrected chi connectivity index (χ1v) is 6.87. The summed E-state index contributed by atoms with van der Waals surface area (Å²) in [6.45, 7) is 2.45. The number of amides is 1. The van der Waals surface area contributed by atoms with Crippen LogP contribution in [0, 0.1) is 12.8 Å². The number of aryl methyl sites for hydroxylation is 1. The smallest absolute Gasteiger partial charge is 0.263 e. The van der Waals surface area contributed by atoms with Gasteiger partial charge in [-0.15, -0.1) is 11.3 Å². The summed E-state index contributed by atoms with van der Waals surface area (Å²) < 4.78 is 0. The van der Waals surface area contributed by atoms with Crippen LogP contribution in [0.2, 0.25) is 0 Å². The Morgan fingerprint density at radius 1 is 1.59 bits per heavy atom. The topological polar surface area (TPSA) is 62.2 Å². The maximum absolute atomic E-state index is 11.8. The standard InChI is InChI=1S/C12H18N2O2S/c1-8-13-7-11(17-8)12(16)14-6-9-4-2-3-5-10(9)15/h7,9-10,15H,2-6H2,1H3,(H,14,16). The highest BCUT2D eigenvalue weighted by molar-refractivity contribution is 7.13. The third-order valence-electron chi connectivity index (χ3n) is 3.24. The monoisotopic (exact) mass is 254 g/mol. The molecule has 1 aliphatic carbocycles. The largest absolute Gasteiger partial charge is 0.393 e. The highest BCUT2D eigenvalue weighted by Gasteiger charge is 2.23. The second-order valence-corrected chi connectivity index (χ2v) is 5.80. The van der Waals surface area contributed by atoms with Crippen LogP contribution in [0.1, 0.15) is 40.4 Å². The van der Waals surface area contributed by atoms with Crippen LogP contribution < -0.4 is 5.32 Å². The average Bonchev–Trinajstić information content (AvgIpc) is 2.74. The number of aromatic nitrogens is 1. The highest BCUT2D eigenvalue weighted by atomic mass is 32.1. The van der Waals surface area contributed by atoms with Crippen LogP contribution >= 0.6 is 11.3 Å².